The number of hydrogen-bond acceptors (Lipinski definition) is 1. The highest BCUT2D eigenvalue weighted by Gasteiger charge is 2.11. The summed E-state index contributed by atoms with van der Waals surface area (Å²) in [5, 5.41) is 9.99. The highest BCUT2D eigenvalue weighted by molar-refractivity contribution is 6.42. The molecule has 0 N–H and O–H groups in total. The Bertz CT molecular complexity index is 371. The lowest BCUT2D eigenvalue weighted by Crippen LogP contribution is -1.96. The molecule has 0 spiro atoms. The van der Waals surface area contributed by atoms with E-state index in [2.05, 4.69) is 6.07 Å². The van der Waals surface area contributed by atoms with E-state index in [9.17, 15) is 0 Å². The van der Waals surface area contributed by atoms with E-state index in [0.29, 0.717) is 15.9 Å². The first-order valence-corrected chi connectivity index (χ1v) is 5.88. The fourth-order valence-corrected chi connectivity index (χ4v) is 1.78. The third-order valence-corrected chi connectivity index (χ3v) is 3.13. The molecule has 1 nitrogen and oxygen atoms in total. The van der Waals surface area contributed by atoms with E-state index in [4.69, 9.17) is 40.1 Å². The molecule has 0 bridgehead atoms. The van der Waals surface area contributed by atoms with Gasteiger partial charge in [0.15, 0.2) is 0 Å². The Hall–Kier alpha value is -0.420. The molecule has 0 saturated heterocycles. The largest absolute Gasteiger partial charge is 0.198 e. The number of nitrogens with zero attached hydrogens (tertiary/aromatic N) is 1. The van der Waals surface area contributed by atoms with E-state index < -0.39 is 0 Å². The van der Waals surface area contributed by atoms with Crippen LogP contribution in [0.25, 0.3) is 0 Å². The average molecular weight is 263 g/mol. The van der Waals surface area contributed by atoms with E-state index >= 15 is 0 Å². The van der Waals surface area contributed by atoms with Crippen LogP contribution >= 0.6 is 34.8 Å². The molecule has 0 radical (unpaired) electrons. The van der Waals surface area contributed by atoms with Gasteiger partial charge in [-0.05, 0) is 30.5 Å². The molecule has 0 aliphatic heterocycles. The number of rotatable bonds is 4. The quantitative estimate of drug-likeness (QED) is 0.726. The third-order valence-electron chi connectivity index (χ3n) is 2.13. The normalized spacial score (nSPS) is 12.1. The van der Waals surface area contributed by atoms with E-state index in [0.717, 1.165) is 18.4 Å². The molecule has 0 aromatic heterocycles. The minimum absolute atomic E-state index is 0.154. The smallest absolute Gasteiger partial charge is 0.0713 e. The Morgan fingerprint density at radius 1 is 1.27 bits per heavy atom. The molecule has 15 heavy (non-hydrogen) atoms. The van der Waals surface area contributed by atoms with Gasteiger partial charge in [0.2, 0.25) is 0 Å². The lowest BCUT2D eigenvalue weighted by atomic mass is 9.96. The predicted octanol–water partition coefficient (Wildman–Crippen LogP) is 4.62. The predicted molar refractivity (Wildman–Crippen MR) is 64.8 cm³/mol. The van der Waals surface area contributed by atoms with E-state index in [-0.39, 0.29) is 5.92 Å². The number of halogens is 3. The van der Waals surface area contributed by atoms with Gasteiger partial charge in [-0.2, -0.15) is 5.26 Å². The zero-order valence-corrected chi connectivity index (χ0v) is 10.3. The van der Waals surface area contributed by atoms with Crippen molar-refractivity contribution in [2.75, 3.05) is 5.88 Å². The summed E-state index contributed by atoms with van der Waals surface area (Å²) in [6.45, 7) is 0. The van der Waals surface area contributed by atoms with Crippen molar-refractivity contribution >= 4 is 34.8 Å². The minimum Gasteiger partial charge on any atom is -0.198 e. The maximum Gasteiger partial charge on any atom is 0.0713 e. The lowest BCUT2D eigenvalue weighted by Gasteiger charge is -2.09. The fraction of sp³-hybridized carbons (Fsp3) is 0.364. The second kappa shape index (κ2) is 6.23. The third kappa shape index (κ3) is 3.57. The Balaban J connectivity index is 2.84. The number of hydrogen-bond donors (Lipinski definition) is 0. The highest BCUT2D eigenvalue weighted by Crippen LogP contribution is 2.28. The molecule has 4 heteroatoms. The topological polar surface area (TPSA) is 23.8 Å². The lowest BCUT2D eigenvalue weighted by molar-refractivity contribution is 0.731. The Labute approximate surface area is 105 Å². The van der Waals surface area contributed by atoms with Gasteiger partial charge in [0, 0.05) is 5.88 Å². The SMILES string of the molecule is N#C[C@@H](CCCCl)c1ccc(Cl)c(Cl)c1. The zero-order valence-electron chi connectivity index (χ0n) is 8.01. The van der Waals surface area contributed by atoms with Gasteiger partial charge in [-0.15, -0.1) is 11.6 Å². The first kappa shape index (κ1) is 12.6. The molecule has 1 aromatic rings. The second-order valence-corrected chi connectivity index (χ2v) is 4.38. The summed E-state index contributed by atoms with van der Waals surface area (Å²) in [6.07, 6.45) is 1.57. The summed E-state index contributed by atoms with van der Waals surface area (Å²) in [4.78, 5) is 0. The molecule has 0 amide bonds. The van der Waals surface area contributed by atoms with Crippen LogP contribution in [0, 0.1) is 11.3 Å². The van der Waals surface area contributed by atoms with Crippen molar-refractivity contribution in [2.24, 2.45) is 0 Å². The minimum atomic E-state index is -0.154. The van der Waals surface area contributed by atoms with Gasteiger partial charge in [-0.25, -0.2) is 0 Å². The summed E-state index contributed by atoms with van der Waals surface area (Å²) in [7, 11) is 0. The Kier molecular flexibility index (Phi) is 5.25. The molecule has 0 aliphatic rings. The molecule has 0 fully saturated rings. The molecular weight excluding hydrogens is 252 g/mol. The van der Waals surface area contributed by atoms with Gasteiger partial charge in [0.25, 0.3) is 0 Å². The van der Waals surface area contributed by atoms with E-state index in [1.54, 1.807) is 12.1 Å². The Morgan fingerprint density at radius 3 is 2.53 bits per heavy atom. The summed E-state index contributed by atoms with van der Waals surface area (Å²) in [6, 6.07) is 7.52. The fourth-order valence-electron chi connectivity index (χ4n) is 1.32. The zero-order chi connectivity index (χ0) is 11.3. The maximum absolute atomic E-state index is 9.00. The van der Waals surface area contributed by atoms with Crippen LogP contribution in [0.5, 0.6) is 0 Å². The second-order valence-electron chi connectivity index (χ2n) is 3.19. The van der Waals surface area contributed by atoms with Crippen molar-refractivity contribution in [3.05, 3.63) is 33.8 Å². The molecule has 0 saturated carbocycles. The van der Waals surface area contributed by atoms with Crippen LogP contribution in [-0.4, -0.2) is 5.88 Å². The van der Waals surface area contributed by atoms with Gasteiger partial charge in [-0.3, -0.25) is 0 Å². The van der Waals surface area contributed by atoms with Crippen LogP contribution in [0.15, 0.2) is 18.2 Å². The molecule has 1 aromatic carbocycles. The van der Waals surface area contributed by atoms with Crippen molar-refractivity contribution in [2.45, 2.75) is 18.8 Å². The van der Waals surface area contributed by atoms with Gasteiger partial charge >= 0.3 is 0 Å². The van der Waals surface area contributed by atoms with Crippen LogP contribution in [0.2, 0.25) is 10.0 Å². The first-order valence-electron chi connectivity index (χ1n) is 4.59. The average Bonchev–Trinajstić information content (AvgIpc) is 2.24. The van der Waals surface area contributed by atoms with E-state index in [1.165, 1.54) is 0 Å². The van der Waals surface area contributed by atoms with Crippen molar-refractivity contribution in [3.8, 4) is 6.07 Å². The van der Waals surface area contributed by atoms with Crippen LogP contribution in [0.3, 0.4) is 0 Å². The molecule has 0 unspecified atom stereocenters. The van der Waals surface area contributed by atoms with Gasteiger partial charge in [0.05, 0.1) is 22.0 Å². The maximum atomic E-state index is 9.00. The van der Waals surface area contributed by atoms with Crippen molar-refractivity contribution in [1.82, 2.24) is 0 Å². The highest BCUT2D eigenvalue weighted by atomic mass is 35.5. The number of alkyl halides is 1. The molecule has 0 aliphatic carbocycles. The molecule has 0 heterocycles. The standard InChI is InChI=1S/C11H10Cl3N/c12-5-1-2-9(7-15)8-3-4-10(13)11(14)6-8/h3-4,6,9H,1-2,5H2/t9-/m1/s1. The number of nitriles is 1. The Morgan fingerprint density at radius 2 is 2.00 bits per heavy atom. The van der Waals surface area contributed by atoms with Crippen molar-refractivity contribution in [1.29, 1.82) is 5.26 Å². The first-order chi connectivity index (χ1) is 7.19. The summed E-state index contributed by atoms with van der Waals surface area (Å²) < 4.78 is 0. The molecule has 80 valence electrons. The van der Waals surface area contributed by atoms with Crippen molar-refractivity contribution in [3.63, 3.8) is 0 Å². The van der Waals surface area contributed by atoms with Crippen LogP contribution in [-0.2, 0) is 0 Å². The van der Waals surface area contributed by atoms with E-state index in [1.807, 2.05) is 6.07 Å². The van der Waals surface area contributed by atoms with Crippen molar-refractivity contribution < 1.29 is 0 Å². The van der Waals surface area contributed by atoms with Crippen LogP contribution < -0.4 is 0 Å². The molecule has 1 atom stereocenters. The monoisotopic (exact) mass is 261 g/mol. The summed E-state index contributed by atoms with van der Waals surface area (Å²) in [5.41, 5.74) is 0.900. The molecular formula is C11H10Cl3N. The van der Waals surface area contributed by atoms with Crippen LogP contribution in [0.4, 0.5) is 0 Å². The number of benzene rings is 1. The summed E-state index contributed by atoms with van der Waals surface area (Å²) >= 11 is 17.3. The molecule has 1 rings (SSSR count). The van der Waals surface area contributed by atoms with Gasteiger partial charge in [-0.1, -0.05) is 29.3 Å². The van der Waals surface area contributed by atoms with Gasteiger partial charge < -0.3 is 0 Å². The summed E-state index contributed by atoms with van der Waals surface area (Å²) in [5.74, 6) is 0.415. The van der Waals surface area contributed by atoms with Crippen LogP contribution in [0.1, 0.15) is 24.3 Å². The van der Waals surface area contributed by atoms with Gasteiger partial charge in [0.1, 0.15) is 0 Å².